The van der Waals surface area contributed by atoms with Crippen LogP contribution in [0.1, 0.15) is 35.6 Å². The van der Waals surface area contributed by atoms with Gasteiger partial charge in [0.1, 0.15) is 11.8 Å². The maximum Gasteiger partial charge on any atom is 0.416 e. The van der Waals surface area contributed by atoms with E-state index in [2.05, 4.69) is 0 Å². The number of rotatable bonds is 7. The molecule has 0 aliphatic carbocycles. The molecule has 1 N–H and O–H groups in total. The Morgan fingerprint density at radius 3 is 2.29 bits per heavy atom. The van der Waals surface area contributed by atoms with Gasteiger partial charge in [0.15, 0.2) is 11.5 Å². The Hall–Kier alpha value is -2.94. The van der Waals surface area contributed by atoms with Crippen molar-refractivity contribution in [3.05, 3.63) is 53.1 Å². The molecule has 31 heavy (non-hydrogen) atoms. The maximum atomic E-state index is 13.4. The number of nitrogens with zero attached hydrogens (tertiary/aromatic N) is 1. The zero-order valence-electron chi connectivity index (χ0n) is 17.4. The second-order valence-electron chi connectivity index (χ2n) is 7.21. The van der Waals surface area contributed by atoms with Crippen LogP contribution in [-0.4, -0.2) is 49.9 Å². The first-order chi connectivity index (χ1) is 14.7. The Morgan fingerprint density at radius 2 is 1.71 bits per heavy atom. The first-order valence-electron chi connectivity index (χ1n) is 9.66. The van der Waals surface area contributed by atoms with E-state index < -0.39 is 29.8 Å². The molecule has 1 fully saturated rings. The molecule has 3 rings (SSSR count). The highest BCUT2D eigenvalue weighted by Gasteiger charge is 2.39. The lowest BCUT2D eigenvalue weighted by atomic mass is 9.93. The molecule has 1 saturated heterocycles. The Kier molecular flexibility index (Phi) is 6.64. The van der Waals surface area contributed by atoms with Crippen molar-refractivity contribution in [2.24, 2.45) is 0 Å². The van der Waals surface area contributed by atoms with Crippen LogP contribution in [0.2, 0.25) is 0 Å². The van der Waals surface area contributed by atoms with E-state index >= 15 is 0 Å². The molecule has 0 radical (unpaired) electrons. The number of benzene rings is 2. The minimum Gasteiger partial charge on any atom is -0.496 e. The van der Waals surface area contributed by atoms with Gasteiger partial charge in [0, 0.05) is 18.2 Å². The van der Waals surface area contributed by atoms with Crippen LogP contribution < -0.4 is 14.2 Å². The molecule has 6 nitrogen and oxygen atoms in total. The molecule has 9 heteroatoms. The van der Waals surface area contributed by atoms with Crippen molar-refractivity contribution in [3.8, 4) is 17.2 Å². The van der Waals surface area contributed by atoms with E-state index in [9.17, 15) is 23.1 Å². The summed E-state index contributed by atoms with van der Waals surface area (Å²) in [5.74, 6) is 0.0912. The van der Waals surface area contributed by atoms with Crippen LogP contribution in [0.25, 0.3) is 0 Å². The molecule has 2 aromatic carbocycles. The normalized spacial score (nSPS) is 17.9. The largest absolute Gasteiger partial charge is 0.496 e. The molecular weight excluding hydrogens is 415 g/mol. The van der Waals surface area contributed by atoms with Crippen molar-refractivity contribution >= 4 is 5.97 Å². The molecule has 0 aromatic heterocycles. The lowest BCUT2D eigenvalue weighted by Crippen LogP contribution is -2.39. The third kappa shape index (κ3) is 4.56. The standard InChI is InChI=1S/C22H24F3NO5/c1-29-17-12-19(31-3)18(30-2)11-15(17)20(26-9-5-8-16(26)21(27)28)13-6-4-7-14(10-13)22(23,24)25/h4,6-7,10-12,16,20H,5,8-9H2,1-3H3,(H,27,28). The number of hydrogen-bond donors (Lipinski definition) is 1. The van der Waals surface area contributed by atoms with E-state index in [1.165, 1.54) is 27.4 Å². The molecule has 0 amide bonds. The van der Waals surface area contributed by atoms with Crippen LogP contribution in [-0.2, 0) is 11.0 Å². The fraction of sp³-hybridized carbons (Fsp3) is 0.409. The van der Waals surface area contributed by atoms with Crippen LogP contribution in [0.15, 0.2) is 36.4 Å². The van der Waals surface area contributed by atoms with Crippen molar-refractivity contribution in [1.82, 2.24) is 4.90 Å². The Labute approximate surface area is 178 Å². The van der Waals surface area contributed by atoms with Crippen molar-refractivity contribution in [2.75, 3.05) is 27.9 Å². The van der Waals surface area contributed by atoms with Gasteiger partial charge in [-0.15, -0.1) is 0 Å². The first kappa shape index (κ1) is 22.7. The number of likely N-dealkylation sites (tertiary alicyclic amines) is 1. The summed E-state index contributed by atoms with van der Waals surface area (Å²) in [4.78, 5) is 13.6. The van der Waals surface area contributed by atoms with Crippen LogP contribution in [0.4, 0.5) is 13.2 Å². The van der Waals surface area contributed by atoms with E-state index in [-0.39, 0.29) is 0 Å². The summed E-state index contributed by atoms with van der Waals surface area (Å²) in [6.07, 6.45) is -3.51. The number of carboxylic acid groups (broad SMARTS) is 1. The molecule has 1 aliphatic heterocycles. The predicted molar refractivity (Wildman–Crippen MR) is 107 cm³/mol. The van der Waals surface area contributed by atoms with Gasteiger partial charge in [-0.05, 0) is 36.6 Å². The number of methoxy groups -OCH3 is 3. The number of carboxylic acids is 1. The van der Waals surface area contributed by atoms with Crippen molar-refractivity contribution in [3.63, 3.8) is 0 Å². The minimum atomic E-state index is -4.53. The Morgan fingerprint density at radius 1 is 1.06 bits per heavy atom. The van der Waals surface area contributed by atoms with E-state index in [0.29, 0.717) is 47.8 Å². The van der Waals surface area contributed by atoms with Gasteiger partial charge in [0.05, 0.1) is 32.9 Å². The predicted octanol–water partition coefficient (Wildman–Crippen LogP) is 4.37. The molecule has 168 valence electrons. The molecule has 0 saturated carbocycles. The van der Waals surface area contributed by atoms with Crippen LogP contribution >= 0.6 is 0 Å². The number of ether oxygens (including phenoxy) is 3. The van der Waals surface area contributed by atoms with Crippen molar-refractivity contribution < 1.29 is 37.3 Å². The summed E-state index contributed by atoms with van der Waals surface area (Å²) >= 11 is 0. The Balaban J connectivity index is 2.24. The fourth-order valence-corrected chi connectivity index (χ4v) is 4.06. The fourth-order valence-electron chi connectivity index (χ4n) is 4.06. The van der Waals surface area contributed by atoms with E-state index in [0.717, 1.165) is 12.1 Å². The second kappa shape index (κ2) is 9.05. The summed E-state index contributed by atoms with van der Waals surface area (Å²) in [5, 5.41) is 9.72. The average Bonchev–Trinajstić information content (AvgIpc) is 3.23. The molecule has 2 atom stereocenters. The van der Waals surface area contributed by atoms with Gasteiger partial charge in [0.2, 0.25) is 0 Å². The SMILES string of the molecule is COc1cc(OC)c(C(c2cccc(C(F)(F)F)c2)N2CCCC2C(=O)O)cc1OC. The lowest BCUT2D eigenvalue weighted by Gasteiger charge is -2.33. The summed E-state index contributed by atoms with van der Waals surface area (Å²) in [7, 11) is 4.35. The molecule has 2 aromatic rings. The van der Waals surface area contributed by atoms with Gasteiger partial charge in [0.25, 0.3) is 0 Å². The van der Waals surface area contributed by atoms with Crippen LogP contribution in [0, 0.1) is 0 Å². The molecule has 0 bridgehead atoms. The third-order valence-electron chi connectivity index (χ3n) is 5.47. The highest BCUT2D eigenvalue weighted by atomic mass is 19.4. The highest BCUT2D eigenvalue weighted by molar-refractivity contribution is 5.74. The van der Waals surface area contributed by atoms with Crippen LogP contribution in [0.3, 0.4) is 0 Å². The Bertz CT molecular complexity index is 947. The topological polar surface area (TPSA) is 68.2 Å². The van der Waals surface area contributed by atoms with E-state index in [1.807, 2.05) is 0 Å². The smallest absolute Gasteiger partial charge is 0.416 e. The highest BCUT2D eigenvalue weighted by Crippen LogP contribution is 2.44. The van der Waals surface area contributed by atoms with Crippen molar-refractivity contribution in [1.29, 1.82) is 0 Å². The van der Waals surface area contributed by atoms with E-state index in [4.69, 9.17) is 14.2 Å². The van der Waals surface area contributed by atoms with Gasteiger partial charge in [-0.3, -0.25) is 9.69 Å². The molecule has 1 aliphatic rings. The van der Waals surface area contributed by atoms with Gasteiger partial charge in [-0.2, -0.15) is 13.2 Å². The number of hydrogen-bond acceptors (Lipinski definition) is 5. The number of halogens is 3. The number of carbonyl (C=O) groups is 1. The molecule has 2 unspecified atom stereocenters. The number of alkyl halides is 3. The summed E-state index contributed by atoms with van der Waals surface area (Å²) < 4.78 is 56.4. The van der Waals surface area contributed by atoms with Gasteiger partial charge < -0.3 is 19.3 Å². The average molecular weight is 439 g/mol. The second-order valence-corrected chi connectivity index (χ2v) is 7.21. The monoisotopic (exact) mass is 439 g/mol. The summed E-state index contributed by atoms with van der Waals surface area (Å²) in [6, 6.07) is 6.51. The van der Waals surface area contributed by atoms with Crippen LogP contribution in [0.5, 0.6) is 17.2 Å². The van der Waals surface area contributed by atoms with Gasteiger partial charge in [-0.25, -0.2) is 0 Å². The zero-order chi connectivity index (χ0) is 22.8. The minimum absolute atomic E-state index is 0.313. The van der Waals surface area contributed by atoms with Gasteiger partial charge >= 0.3 is 12.1 Å². The van der Waals surface area contributed by atoms with Gasteiger partial charge in [-0.1, -0.05) is 12.1 Å². The number of aliphatic carboxylic acids is 1. The molecule has 1 heterocycles. The first-order valence-corrected chi connectivity index (χ1v) is 9.66. The third-order valence-corrected chi connectivity index (χ3v) is 5.47. The van der Waals surface area contributed by atoms with Crippen molar-refractivity contribution in [2.45, 2.75) is 31.1 Å². The lowest BCUT2D eigenvalue weighted by molar-refractivity contribution is -0.143. The molecular formula is C22H24F3NO5. The summed E-state index contributed by atoms with van der Waals surface area (Å²) in [5.41, 5.74) is 0.00151. The van der Waals surface area contributed by atoms with E-state index in [1.54, 1.807) is 23.1 Å². The zero-order valence-corrected chi connectivity index (χ0v) is 17.4. The summed E-state index contributed by atoms with van der Waals surface area (Å²) in [6.45, 7) is 0.412. The molecule has 0 spiro atoms. The maximum absolute atomic E-state index is 13.4. The quantitative estimate of drug-likeness (QED) is 0.691.